The summed E-state index contributed by atoms with van der Waals surface area (Å²) in [4.78, 5) is 10.6. The Morgan fingerprint density at radius 2 is 2.10 bits per heavy atom. The zero-order chi connectivity index (χ0) is 15.2. The summed E-state index contributed by atoms with van der Waals surface area (Å²) in [5, 5.41) is 14.1. The molecule has 0 saturated carbocycles. The Hall–Kier alpha value is -2.08. The van der Waals surface area contributed by atoms with Crippen molar-refractivity contribution in [2.75, 3.05) is 19.0 Å². The Balaban J connectivity index is 2.03. The molecule has 110 valence electrons. The number of nitro groups is 1. The van der Waals surface area contributed by atoms with Gasteiger partial charge in [-0.1, -0.05) is 28.1 Å². The number of benzene rings is 2. The second-order valence-electron chi connectivity index (χ2n) is 4.45. The van der Waals surface area contributed by atoms with E-state index in [2.05, 4.69) is 21.2 Å². The summed E-state index contributed by atoms with van der Waals surface area (Å²) in [7, 11) is 1.63. The first-order valence-corrected chi connectivity index (χ1v) is 7.20. The van der Waals surface area contributed by atoms with E-state index >= 15 is 0 Å². The number of hydrogen-bond acceptors (Lipinski definition) is 4. The number of rotatable bonds is 6. The van der Waals surface area contributed by atoms with Crippen LogP contribution in [-0.2, 0) is 6.42 Å². The van der Waals surface area contributed by atoms with Crippen molar-refractivity contribution in [3.8, 4) is 5.75 Å². The van der Waals surface area contributed by atoms with Gasteiger partial charge < -0.3 is 10.1 Å². The third-order valence-electron chi connectivity index (χ3n) is 3.02. The molecule has 0 fully saturated rings. The van der Waals surface area contributed by atoms with Gasteiger partial charge in [-0.05, 0) is 36.2 Å². The Morgan fingerprint density at radius 1 is 1.29 bits per heavy atom. The fourth-order valence-electron chi connectivity index (χ4n) is 1.98. The number of methoxy groups -OCH3 is 1. The van der Waals surface area contributed by atoms with E-state index in [1.165, 1.54) is 6.07 Å². The zero-order valence-electron chi connectivity index (χ0n) is 11.5. The average molecular weight is 351 g/mol. The lowest BCUT2D eigenvalue weighted by atomic mass is 10.1. The minimum Gasteiger partial charge on any atom is -0.497 e. The summed E-state index contributed by atoms with van der Waals surface area (Å²) in [6.07, 6.45) is 0.751. The lowest BCUT2D eigenvalue weighted by molar-refractivity contribution is -0.384. The van der Waals surface area contributed by atoms with Gasteiger partial charge in [0, 0.05) is 17.1 Å². The fourth-order valence-corrected chi connectivity index (χ4v) is 2.34. The molecule has 0 unspecified atom stereocenters. The fraction of sp³-hybridized carbons (Fsp3) is 0.200. The molecular formula is C15H15BrN2O3. The van der Waals surface area contributed by atoms with Gasteiger partial charge in [-0.15, -0.1) is 0 Å². The number of ether oxygens (including phenoxy) is 1. The minimum absolute atomic E-state index is 0.0730. The minimum atomic E-state index is -0.389. The van der Waals surface area contributed by atoms with Gasteiger partial charge in [-0.25, -0.2) is 0 Å². The number of halogens is 1. The monoisotopic (exact) mass is 350 g/mol. The smallest absolute Gasteiger partial charge is 0.292 e. The normalized spacial score (nSPS) is 10.2. The first-order valence-electron chi connectivity index (χ1n) is 6.41. The zero-order valence-corrected chi connectivity index (χ0v) is 13.1. The molecule has 0 aliphatic carbocycles. The lowest BCUT2D eigenvalue weighted by Crippen LogP contribution is -2.07. The van der Waals surface area contributed by atoms with E-state index in [0.717, 1.165) is 22.2 Å². The van der Waals surface area contributed by atoms with Gasteiger partial charge in [0.2, 0.25) is 0 Å². The van der Waals surface area contributed by atoms with Crippen molar-refractivity contribution in [2.45, 2.75) is 6.42 Å². The molecule has 0 amide bonds. The Morgan fingerprint density at radius 3 is 2.81 bits per heavy atom. The first-order chi connectivity index (χ1) is 10.1. The van der Waals surface area contributed by atoms with Crippen LogP contribution in [0.5, 0.6) is 5.75 Å². The first kappa shape index (κ1) is 15.3. The second kappa shape index (κ2) is 7.08. The van der Waals surface area contributed by atoms with Crippen LogP contribution in [-0.4, -0.2) is 18.6 Å². The Kier molecular flexibility index (Phi) is 5.16. The molecule has 0 aliphatic heterocycles. The highest BCUT2D eigenvalue weighted by Crippen LogP contribution is 2.27. The molecule has 2 aromatic carbocycles. The number of nitrogens with zero attached hydrogens (tertiary/aromatic N) is 1. The number of hydrogen-bond donors (Lipinski definition) is 1. The maximum absolute atomic E-state index is 11.0. The van der Waals surface area contributed by atoms with E-state index in [1.807, 2.05) is 24.3 Å². The quantitative estimate of drug-likeness (QED) is 0.631. The standard InChI is InChI=1S/C15H15BrN2O3/c1-21-13-4-2-3-11(9-13)7-8-17-14-10-12(16)5-6-15(14)18(19)20/h2-6,9-10,17H,7-8H2,1H3. The van der Waals surface area contributed by atoms with Gasteiger partial charge in [0.1, 0.15) is 11.4 Å². The number of anilines is 1. The molecule has 1 N–H and O–H groups in total. The number of nitrogens with one attached hydrogen (secondary N) is 1. The van der Waals surface area contributed by atoms with Crippen molar-refractivity contribution in [3.63, 3.8) is 0 Å². The third kappa shape index (κ3) is 4.19. The second-order valence-corrected chi connectivity index (χ2v) is 5.36. The molecule has 6 heteroatoms. The molecule has 5 nitrogen and oxygen atoms in total. The molecule has 0 aromatic heterocycles. The summed E-state index contributed by atoms with van der Waals surface area (Å²) in [6.45, 7) is 0.602. The molecule has 0 spiro atoms. The SMILES string of the molecule is COc1cccc(CCNc2cc(Br)ccc2[N+](=O)[O-])c1. The highest BCUT2D eigenvalue weighted by molar-refractivity contribution is 9.10. The molecule has 0 heterocycles. The van der Waals surface area contributed by atoms with Gasteiger partial charge >= 0.3 is 0 Å². The van der Waals surface area contributed by atoms with Crippen LogP contribution in [0, 0.1) is 10.1 Å². The van der Waals surface area contributed by atoms with Crippen molar-refractivity contribution in [1.29, 1.82) is 0 Å². The maximum Gasteiger partial charge on any atom is 0.292 e. The summed E-state index contributed by atoms with van der Waals surface area (Å²) in [5.74, 6) is 0.806. The van der Waals surface area contributed by atoms with Crippen LogP contribution >= 0.6 is 15.9 Å². The highest BCUT2D eigenvalue weighted by Gasteiger charge is 2.13. The highest BCUT2D eigenvalue weighted by atomic mass is 79.9. The summed E-state index contributed by atoms with van der Waals surface area (Å²) >= 11 is 3.32. The predicted octanol–water partition coefficient (Wildman–Crippen LogP) is 4.02. The van der Waals surface area contributed by atoms with Gasteiger partial charge in [0.05, 0.1) is 12.0 Å². The topological polar surface area (TPSA) is 64.4 Å². The molecule has 0 saturated heterocycles. The average Bonchev–Trinajstić information content (AvgIpc) is 2.47. The number of nitro benzene ring substituents is 1. The molecule has 21 heavy (non-hydrogen) atoms. The predicted molar refractivity (Wildman–Crippen MR) is 86.0 cm³/mol. The van der Waals surface area contributed by atoms with Crippen molar-refractivity contribution < 1.29 is 9.66 Å². The molecule has 0 aliphatic rings. The van der Waals surface area contributed by atoms with Crippen LogP contribution in [0.1, 0.15) is 5.56 Å². The third-order valence-corrected chi connectivity index (χ3v) is 3.51. The van der Waals surface area contributed by atoms with Gasteiger partial charge in [-0.2, -0.15) is 0 Å². The van der Waals surface area contributed by atoms with Crippen LogP contribution in [0.2, 0.25) is 0 Å². The van der Waals surface area contributed by atoms with E-state index in [-0.39, 0.29) is 10.6 Å². The van der Waals surface area contributed by atoms with E-state index in [0.29, 0.717) is 12.2 Å². The lowest BCUT2D eigenvalue weighted by Gasteiger charge is -2.08. The van der Waals surface area contributed by atoms with Crippen molar-refractivity contribution >= 4 is 27.3 Å². The van der Waals surface area contributed by atoms with Crippen LogP contribution in [0.3, 0.4) is 0 Å². The summed E-state index contributed by atoms with van der Waals surface area (Å²) in [6, 6.07) is 12.6. The largest absolute Gasteiger partial charge is 0.497 e. The van der Waals surface area contributed by atoms with Crippen molar-refractivity contribution in [2.24, 2.45) is 0 Å². The van der Waals surface area contributed by atoms with Crippen molar-refractivity contribution in [3.05, 3.63) is 62.6 Å². The molecule has 2 aromatic rings. The van der Waals surface area contributed by atoms with Crippen LogP contribution < -0.4 is 10.1 Å². The van der Waals surface area contributed by atoms with Crippen LogP contribution in [0.15, 0.2) is 46.9 Å². The summed E-state index contributed by atoms with van der Waals surface area (Å²) in [5.41, 5.74) is 1.70. The molecular weight excluding hydrogens is 336 g/mol. The Labute approximate surface area is 131 Å². The molecule has 2 rings (SSSR count). The van der Waals surface area contributed by atoms with E-state index in [1.54, 1.807) is 19.2 Å². The molecule has 0 radical (unpaired) electrons. The van der Waals surface area contributed by atoms with Gasteiger partial charge in [-0.3, -0.25) is 10.1 Å². The van der Waals surface area contributed by atoms with E-state index in [4.69, 9.17) is 4.74 Å². The van der Waals surface area contributed by atoms with Crippen LogP contribution in [0.4, 0.5) is 11.4 Å². The molecule has 0 atom stereocenters. The maximum atomic E-state index is 11.0. The van der Waals surface area contributed by atoms with E-state index < -0.39 is 0 Å². The van der Waals surface area contributed by atoms with Crippen LogP contribution in [0.25, 0.3) is 0 Å². The van der Waals surface area contributed by atoms with Crippen molar-refractivity contribution in [1.82, 2.24) is 0 Å². The van der Waals surface area contributed by atoms with E-state index in [9.17, 15) is 10.1 Å². The van der Waals surface area contributed by atoms with Gasteiger partial charge in [0.25, 0.3) is 5.69 Å². The van der Waals surface area contributed by atoms with Gasteiger partial charge in [0.15, 0.2) is 0 Å². The Bertz CT molecular complexity index is 647. The summed E-state index contributed by atoms with van der Waals surface area (Å²) < 4.78 is 5.97. The molecule has 0 bridgehead atoms.